The number of hydrogen-bond donors (Lipinski definition) is 1. The molecule has 1 saturated heterocycles. The molecule has 1 unspecified atom stereocenters. The molecule has 156 valence electrons. The number of aliphatic hydroxyl groups is 1. The highest BCUT2D eigenvalue weighted by Crippen LogP contribution is 2.42. The number of rotatable bonds is 4. The molecule has 4 rings (SSSR count). The van der Waals surface area contributed by atoms with Gasteiger partial charge in [0.2, 0.25) is 0 Å². The van der Waals surface area contributed by atoms with Gasteiger partial charge in [0.15, 0.2) is 0 Å². The van der Waals surface area contributed by atoms with Gasteiger partial charge in [-0.1, -0.05) is 49.7 Å². The van der Waals surface area contributed by atoms with Crippen LogP contribution in [0.5, 0.6) is 0 Å². The van der Waals surface area contributed by atoms with E-state index in [-0.39, 0.29) is 11.3 Å². The van der Waals surface area contributed by atoms with E-state index >= 15 is 0 Å². The summed E-state index contributed by atoms with van der Waals surface area (Å²) in [6.07, 6.45) is 3.13. The smallest absolute Gasteiger partial charge is 0.300 e. The van der Waals surface area contributed by atoms with E-state index in [2.05, 4.69) is 18.8 Å². The van der Waals surface area contributed by atoms with Crippen molar-refractivity contribution >= 4 is 34.7 Å². The molecule has 1 aliphatic rings. The van der Waals surface area contributed by atoms with Crippen molar-refractivity contribution in [1.82, 2.24) is 4.98 Å². The number of carbonyl (C=O) groups is 2. The number of ketones is 1. The van der Waals surface area contributed by atoms with Gasteiger partial charge in [-0.05, 0) is 53.4 Å². The molecule has 0 bridgehead atoms. The number of benzene rings is 2. The third-order valence-electron chi connectivity index (χ3n) is 5.41. The standard InChI is InChI=1S/C25H21ClN2O3/c1-15(2)16-5-7-17(8-6-16)22-21(23(29)18-9-11-19(26)12-10-18)24(30)25(31)28(22)20-4-3-13-27-14-20/h3-15,22,29H,1-2H3/b23-21+. The molecule has 0 radical (unpaired) electrons. The second kappa shape index (κ2) is 8.36. The number of Topliss-reactive ketones (excluding diaryl/α,β-unsaturated/α-hetero) is 1. The summed E-state index contributed by atoms with van der Waals surface area (Å²) < 4.78 is 0. The minimum absolute atomic E-state index is 0.0356. The van der Waals surface area contributed by atoms with Crippen molar-refractivity contribution in [3.8, 4) is 0 Å². The average molecular weight is 433 g/mol. The van der Waals surface area contributed by atoms with Crippen LogP contribution in [0.1, 0.15) is 42.5 Å². The highest BCUT2D eigenvalue weighted by molar-refractivity contribution is 6.51. The van der Waals surface area contributed by atoms with Crippen molar-refractivity contribution in [2.24, 2.45) is 0 Å². The Labute approximate surface area is 185 Å². The molecule has 1 amide bonds. The Morgan fingerprint density at radius 1 is 1.03 bits per heavy atom. The van der Waals surface area contributed by atoms with E-state index < -0.39 is 17.7 Å². The number of amides is 1. The zero-order chi connectivity index (χ0) is 22.1. The first-order valence-electron chi connectivity index (χ1n) is 9.95. The van der Waals surface area contributed by atoms with Gasteiger partial charge in [-0.15, -0.1) is 0 Å². The van der Waals surface area contributed by atoms with E-state index in [4.69, 9.17) is 11.6 Å². The highest BCUT2D eigenvalue weighted by atomic mass is 35.5. The first kappa shape index (κ1) is 20.8. The largest absolute Gasteiger partial charge is 0.507 e. The minimum Gasteiger partial charge on any atom is -0.507 e. The van der Waals surface area contributed by atoms with E-state index in [1.807, 2.05) is 24.3 Å². The minimum atomic E-state index is -0.777. The predicted molar refractivity (Wildman–Crippen MR) is 121 cm³/mol. The normalized spacial score (nSPS) is 18.1. The SMILES string of the molecule is CC(C)c1ccc(C2/C(=C(\O)c3ccc(Cl)cc3)C(=O)C(=O)N2c2cccnc2)cc1. The summed E-state index contributed by atoms with van der Waals surface area (Å²) in [7, 11) is 0. The monoisotopic (exact) mass is 432 g/mol. The van der Waals surface area contributed by atoms with Gasteiger partial charge in [-0.2, -0.15) is 0 Å². The Balaban J connectivity index is 1.91. The van der Waals surface area contributed by atoms with E-state index in [0.29, 0.717) is 22.2 Å². The molecular weight excluding hydrogens is 412 g/mol. The fraction of sp³-hybridized carbons (Fsp3) is 0.160. The Morgan fingerprint density at radius 3 is 2.29 bits per heavy atom. The lowest BCUT2D eigenvalue weighted by Gasteiger charge is -2.25. The zero-order valence-electron chi connectivity index (χ0n) is 17.1. The number of hydrogen-bond acceptors (Lipinski definition) is 4. The lowest BCUT2D eigenvalue weighted by Crippen LogP contribution is -2.29. The van der Waals surface area contributed by atoms with Gasteiger partial charge in [-0.25, -0.2) is 0 Å². The number of anilines is 1. The first-order valence-corrected chi connectivity index (χ1v) is 10.3. The average Bonchev–Trinajstić information content (AvgIpc) is 3.05. The maximum absolute atomic E-state index is 13.1. The van der Waals surface area contributed by atoms with Crippen LogP contribution in [-0.4, -0.2) is 21.8 Å². The van der Waals surface area contributed by atoms with Gasteiger partial charge in [0.1, 0.15) is 5.76 Å². The molecule has 1 atom stereocenters. The van der Waals surface area contributed by atoms with Gasteiger partial charge in [-0.3, -0.25) is 19.5 Å². The summed E-state index contributed by atoms with van der Waals surface area (Å²) in [6.45, 7) is 4.19. The first-order chi connectivity index (χ1) is 14.9. The van der Waals surface area contributed by atoms with Crippen molar-refractivity contribution in [3.63, 3.8) is 0 Å². The quantitative estimate of drug-likeness (QED) is 0.336. The summed E-state index contributed by atoms with van der Waals surface area (Å²) in [5.41, 5.74) is 2.80. The van der Waals surface area contributed by atoms with Crippen LogP contribution >= 0.6 is 11.6 Å². The van der Waals surface area contributed by atoms with Gasteiger partial charge < -0.3 is 5.11 Å². The second-order valence-electron chi connectivity index (χ2n) is 7.71. The lowest BCUT2D eigenvalue weighted by atomic mass is 9.93. The van der Waals surface area contributed by atoms with Gasteiger partial charge >= 0.3 is 0 Å². The number of halogens is 1. The molecule has 5 nitrogen and oxygen atoms in total. The van der Waals surface area contributed by atoms with Gasteiger partial charge in [0, 0.05) is 16.8 Å². The Bertz CT molecular complexity index is 1150. The summed E-state index contributed by atoms with van der Waals surface area (Å²) in [6, 6.07) is 16.9. The van der Waals surface area contributed by atoms with E-state index in [1.165, 1.54) is 11.1 Å². The molecule has 3 aromatic rings. The van der Waals surface area contributed by atoms with Crippen molar-refractivity contribution < 1.29 is 14.7 Å². The fourth-order valence-electron chi connectivity index (χ4n) is 3.74. The van der Waals surface area contributed by atoms with Crippen LogP contribution in [0.25, 0.3) is 5.76 Å². The maximum atomic E-state index is 13.1. The topological polar surface area (TPSA) is 70.5 Å². The molecule has 31 heavy (non-hydrogen) atoms. The van der Waals surface area contributed by atoms with Crippen LogP contribution < -0.4 is 4.90 Å². The van der Waals surface area contributed by atoms with Gasteiger partial charge in [0.05, 0.1) is 23.5 Å². The van der Waals surface area contributed by atoms with Crippen molar-refractivity contribution in [2.75, 3.05) is 4.90 Å². The molecular formula is C25H21ClN2O3. The van der Waals surface area contributed by atoms with Crippen LogP contribution in [0.2, 0.25) is 5.02 Å². The summed E-state index contributed by atoms with van der Waals surface area (Å²) in [4.78, 5) is 31.6. The van der Waals surface area contributed by atoms with Crippen molar-refractivity contribution in [3.05, 3.63) is 100 Å². The molecule has 1 aromatic heterocycles. The molecule has 0 saturated carbocycles. The maximum Gasteiger partial charge on any atom is 0.300 e. The molecule has 0 aliphatic carbocycles. The Kier molecular flexibility index (Phi) is 5.61. The number of nitrogens with zero attached hydrogens (tertiary/aromatic N) is 2. The number of pyridine rings is 1. The second-order valence-corrected chi connectivity index (χ2v) is 8.15. The predicted octanol–water partition coefficient (Wildman–Crippen LogP) is 5.48. The third-order valence-corrected chi connectivity index (χ3v) is 5.66. The molecule has 1 N–H and O–H groups in total. The zero-order valence-corrected chi connectivity index (χ0v) is 17.9. The van der Waals surface area contributed by atoms with Crippen LogP contribution in [0, 0.1) is 0 Å². The molecule has 6 heteroatoms. The number of aliphatic hydroxyl groups excluding tert-OH is 1. The molecule has 2 aromatic carbocycles. The van der Waals surface area contributed by atoms with E-state index in [1.54, 1.807) is 42.6 Å². The van der Waals surface area contributed by atoms with Crippen LogP contribution in [0.4, 0.5) is 5.69 Å². The molecule has 1 fully saturated rings. The van der Waals surface area contributed by atoms with Crippen LogP contribution in [0.3, 0.4) is 0 Å². The van der Waals surface area contributed by atoms with Crippen LogP contribution in [-0.2, 0) is 9.59 Å². The number of aromatic nitrogens is 1. The van der Waals surface area contributed by atoms with Crippen molar-refractivity contribution in [1.29, 1.82) is 0 Å². The number of carbonyl (C=O) groups excluding carboxylic acids is 2. The van der Waals surface area contributed by atoms with E-state index in [0.717, 1.165) is 11.1 Å². The molecule has 2 heterocycles. The Morgan fingerprint density at radius 2 is 1.71 bits per heavy atom. The highest BCUT2D eigenvalue weighted by Gasteiger charge is 2.47. The van der Waals surface area contributed by atoms with Crippen molar-refractivity contribution in [2.45, 2.75) is 25.8 Å². The third kappa shape index (κ3) is 3.84. The fourth-order valence-corrected chi connectivity index (χ4v) is 3.86. The Hall–Kier alpha value is -3.44. The lowest BCUT2D eigenvalue weighted by molar-refractivity contribution is -0.132. The van der Waals surface area contributed by atoms with Crippen LogP contribution in [0.15, 0.2) is 78.6 Å². The molecule has 0 spiro atoms. The summed E-state index contributed by atoms with van der Waals surface area (Å²) in [5.74, 6) is -1.34. The van der Waals surface area contributed by atoms with E-state index in [9.17, 15) is 14.7 Å². The summed E-state index contributed by atoms with van der Waals surface area (Å²) >= 11 is 5.96. The summed E-state index contributed by atoms with van der Waals surface area (Å²) in [5, 5.41) is 11.6. The molecule has 1 aliphatic heterocycles. The van der Waals surface area contributed by atoms with Gasteiger partial charge in [0.25, 0.3) is 11.7 Å².